The maximum Gasteiger partial charge on any atom is 0.0757 e. The number of aromatic nitrogens is 1. The second kappa shape index (κ2) is 6.30. The van der Waals surface area contributed by atoms with Gasteiger partial charge < -0.3 is 10.5 Å². The summed E-state index contributed by atoms with van der Waals surface area (Å²) in [5.74, 6) is 0.676. The molecule has 1 saturated carbocycles. The van der Waals surface area contributed by atoms with E-state index in [9.17, 15) is 0 Å². The molecule has 0 aliphatic heterocycles. The van der Waals surface area contributed by atoms with Crippen LogP contribution in [-0.2, 0) is 17.6 Å². The quantitative estimate of drug-likeness (QED) is 0.805. The molecule has 3 nitrogen and oxygen atoms in total. The molecule has 0 aromatic carbocycles. The smallest absolute Gasteiger partial charge is 0.0757 e. The van der Waals surface area contributed by atoms with Gasteiger partial charge in [-0.2, -0.15) is 0 Å². The van der Waals surface area contributed by atoms with E-state index in [1.54, 1.807) is 0 Å². The molecule has 100 valence electrons. The molecule has 1 aromatic heterocycles. The minimum Gasteiger partial charge on any atom is -0.377 e. The molecule has 2 N–H and O–H groups in total. The third-order valence-corrected chi connectivity index (χ3v) is 3.61. The molecule has 0 radical (unpaired) electrons. The third-order valence-electron chi connectivity index (χ3n) is 3.61. The van der Waals surface area contributed by atoms with Crippen LogP contribution >= 0.6 is 0 Å². The summed E-state index contributed by atoms with van der Waals surface area (Å²) in [5, 5.41) is 0. The highest BCUT2D eigenvalue weighted by Gasteiger charge is 2.35. The molecule has 1 aliphatic carbocycles. The molecule has 2 atom stereocenters. The minimum absolute atomic E-state index is 0.0671. The number of nitrogens with zero attached hydrogens (tertiary/aromatic N) is 1. The molecule has 3 heteroatoms. The summed E-state index contributed by atoms with van der Waals surface area (Å²) in [4.78, 5) is 4.48. The SMILES string of the molecule is CCOC(C(N)Cc1ccc(CC)cn1)C1CC1. The first-order valence-electron chi connectivity index (χ1n) is 7.05. The van der Waals surface area contributed by atoms with Crippen LogP contribution in [0.1, 0.15) is 37.9 Å². The summed E-state index contributed by atoms with van der Waals surface area (Å²) in [6.07, 6.45) is 6.53. The normalized spacial score (nSPS) is 18.6. The van der Waals surface area contributed by atoms with E-state index >= 15 is 0 Å². The van der Waals surface area contributed by atoms with E-state index in [1.165, 1.54) is 18.4 Å². The van der Waals surface area contributed by atoms with Crippen LogP contribution in [0.5, 0.6) is 0 Å². The van der Waals surface area contributed by atoms with Crippen molar-refractivity contribution in [1.29, 1.82) is 0 Å². The van der Waals surface area contributed by atoms with Gasteiger partial charge in [0, 0.05) is 31.0 Å². The van der Waals surface area contributed by atoms with Crippen molar-refractivity contribution < 1.29 is 4.74 Å². The molecular formula is C15H24N2O. The Bertz CT molecular complexity index is 359. The molecule has 1 aliphatic rings. The number of rotatable bonds is 7. The van der Waals surface area contributed by atoms with Crippen molar-refractivity contribution in [2.45, 2.75) is 51.7 Å². The molecule has 2 rings (SSSR count). The Morgan fingerprint density at radius 2 is 2.17 bits per heavy atom. The average molecular weight is 248 g/mol. The molecule has 18 heavy (non-hydrogen) atoms. The second-order valence-corrected chi connectivity index (χ2v) is 5.14. The summed E-state index contributed by atoms with van der Waals surface area (Å²) >= 11 is 0. The van der Waals surface area contributed by atoms with E-state index in [0.29, 0.717) is 5.92 Å². The topological polar surface area (TPSA) is 48.1 Å². The van der Waals surface area contributed by atoms with Gasteiger partial charge in [0.25, 0.3) is 0 Å². The number of hydrogen-bond acceptors (Lipinski definition) is 3. The van der Waals surface area contributed by atoms with Gasteiger partial charge in [-0.05, 0) is 43.7 Å². The van der Waals surface area contributed by atoms with Gasteiger partial charge >= 0.3 is 0 Å². The van der Waals surface area contributed by atoms with E-state index in [1.807, 2.05) is 13.1 Å². The van der Waals surface area contributed by atoms with Gasteiger partial charge in [0.1, 0.15) is 0 Å². The highest BCUT2D eigenvalue weighted by molar-refractivity contribution is 5.15. The summed E-state index contributed by atoms with van der Waals surface area (Å²) in [7, 11) is 0. The van der Waals surface area contributed by atoms with Crippen molar-refractivity contribution in [2.24, 2.45) is 11.7 Å². The fourth-order valence-corrected chi connectivity index (χ4v) is 2.37. The van der Waals surface area contributed by atoms with Crippen LogP contribution in [0.4, 0.5) is 0 Å². The van der Waals surface area contributed by atoms with Crippen molar-refractivity contribution in [2.75, 3.05) is 6.61 Å². The van der Waals surface area contributed by atoms with Gasteiger partial charge in [-0.15, -0.1) is 0 Å². The molecule has 0 bridgehead atoms. The third kappa shape index (κ3) is 3.53. The van der Waals surface area contributed by atoms with Gasteiger partial charge in [-0.3, -0.25) is 4.98 Å². The van der Waals surface area contributed by atoms with E-state index < -0.39 is 0 Å². The van der Waals surface area contributed by atoms with E-state index in [0.717, 1.165) is 25.1 Å². The second-order valence-electron chi connectivity index (χ2n) is 5.14. The molecule has 0 spiro atoms. The Balaban J connectivity index is 1.93. The predicted octanol–water partition coefficient (Wildman–Crippen LogP) is 2.33. The number of nitrogens with two attached hydrogens (primary N) is 1. The van der Waals surface area contributed by atoms with Gasteiger partial charge in [0.05, 0.1) is 6.10 Å². The van der Waals surface area contributed by atoms with Crippen LogP contribution in [0.2, 0.25) is 0 Å². The largest absolute Gasteiger partial charge is 0.377 e. The summed E-state index contributed by atoms with van der Waals surface area (Å²) < 4.78 is 5.79. The average Bonchev–Trinajstić information content (AvgIpc) is 3.21. The highest BCUT2D eigenvalue weighted by atomic mass is 16.5. The number of pyridine rings is 1. The Kier molecular flexibility index (Phi) is 4.72. The minimum atomic E-state index is 0.0671. The van der Waals surface area contributed by atoms with Crippen molar-refractivity contribution >= 4 is 0 Å². The van der Waals surface area contributed by atoms with Gasteiger partial charge in [0.15, 0.2) is 0 Å². The fraction of sp³-hybridized carbons (Fsp3) is 0.667. The molecule has 1 heterocycles. The molecular weight excluding hydrogens is 224 g/mol. The molecule has 0 saturated heterocycles. The fourth-order valence-electron chi connectivity index (χ4n) is 2.37. The van der Waals surface area contributed by atoms with Crippen LogP contribution in [0.3, 0.4) is 0 Å². The van der Waals surface area contributed by atoms with Crippen LogP contribution in [0.25, 0.3) is 0 Å². The lowest BCUT2D eigenvalue weighted by atomic mass is 10.0. The van der Waals surface area contributed by atoms with Crippen molar-refractivity contribution in [3.05, 3.63) is 29.6 Å². The number of aryl methyl sites for hydroxylation is 1. The van der Waals surface area contributed by atoms with Crippen molar-refractivity contribution in [3.63, 3.8) is 0 Å². The highest BCUT2D eigenvalue weighted by Crippen LogP contribution is 2.35. The van der Waals surface area contributed by atoms with Gasteiger partial charge in [0.2, 0.25) is 0 Å². The van der Waals surface area contributed by atoms with Crippen LogP contribution in [0.15, 0.2) is 18.3 Å². The molecule has 1 fully saturated rings. The molecule has 1 aromatic rings. The summed E-state index contributed by atoms with van der Waals surface area (Å²) in [6, 6.07) is 4.30. The summed E-state index contributed by atoms with van der Waals surface area (Å²) in [6.45, 7) is 4.92. The van der Waals surface area contributed by atoms with Crippen molar-refractivity contribution in [3.8, 4) is 0 Å². The Morgan fingerprint density at radius 3 is 2.67 bits per heavy atom. The first-order chi connectivity index (χ1) is 8.74. The zero-order valence-corrected chi connectivity index (χ0v) is 11.4. The molecule has 2 unspecified atom stereocenters. The van der Waals surface area contributed by atoms with E-state index in [4.69, 9.17) is 10.5 Å². The number of ether oxygens (including phenoxy) is 1. The van der Waals surface area contributed by atoms with Crippen LogP contribution < -0.4 is 5.73 Å². The van der Waals surface area contributed by atoms with Crippen LogP contribution in [-0.4, -0.2) is 23.7 Å². The Hall–Kier alpha value is -0.930. The maximum atomic E-state index is 6.28. The maximum absolute atomic E-state index is 6.28. The van der Waals surface area contributed by atoms with Gasteiger partial charge in [-0.1, -0.05) is 13.0 Å². The first kappa shape index (κ1) is 13.5. The lowest BCUT2D eigenvalue weighted by Gasteiger charge is -2.23. The Morgan fingerprint density at radius 1 is 1.39 bits per heavy atom. The first-order valence-corrected chi connectivity index (χ1v) is 7.05. The standard InChI is InChI=1S/C15H24N2O/c1-3-11-5-8-13(17-10-11)9-14(16)15(18-4-2)12-6-7-12/h5,8,10,12,14-15H,3-4,6-7,9,16H2,1-2H3. The zero-order valence-electron chi connectivity index (χ0n) is 11.4. The van der Waals surface area contributed by atoms with Gasteiger partial charge in [-0.25, -0.2) is 0 Å². The van der Waals surface area contributed by atoms with Crippen LogP contribution in [0, 0.1) is 5.92 Å². The monoisotopic (exact) mass is 248 g/mol. The number of hydrogen-bond donors (Lipinski definition) is 1. The lowest BCUT2D eigenvalue weighted by Crippen LogP contribution is -2.40. The lowest BCUT2D eigenvalue weighted by molar-refractivity contribution is 0.0286. The Labute approximate surface area is 110 Å². The molecule has 0 amide bonds. The van der Waals surface area contributed by atoms with E-state index in [-0.39, 0.29) is 12.1 Å². The zero-order chi connectivity index (χ0) is 13.0. The summed E-state index contributed by atoms with van der Waals surface area (Å²) in [5.41, 5.74) is 8.63. The van der Waals surface area contributed by atoms with E-state index in [2.05, 4.69) is 24.0 Å². The van der Waals surface area contributed by atoms with Crippen molar-refractivity contribution in [1.82, 2.24) is 4.98 Å². The predicted molar refractivity (Wildman–Crippen MR) is 73.4 cm³/mol.